The van der Waals surface area contributed by atoms with Crippen LogP contribution in [0.1, 0.15) is 31.4 Å². The first-order valence-electron chi connectivity index (χ1n) is 12.9. The molecule has 1 aromatic rings. The summed E-state index contributed by atoms with van der Waals surface area (Å²) in [5.74, 6) is -2.70. The van der Waals surface area contributed by atoms with Crippen LogP contribution < -0.4 is 5.32 Å². The maximum atomic E-state index is 14.0. The van der Waals surface area contributed by atoms with Gasteiger partial charge in [-0.1, -0.05) is 30.3 Å². The van der Waals surface area contributed by atoms with Gasteiger partial charge in [0.15, 0.2) is 0 Å². The molecular weight excluding hydrogens is 466 g/mol. The van der Waals surface area contributed by atoms with Crippen molar-refractivity contribution in [3.05, 3.63) is 35.9 Å². The normalized spacial score (nSPS) is 32.4. The number of rotatable bonds is 9. The molecule has 2 bridgehead atoms. The number of carbonyl (C=O) groups excluding carboxylic acids is 3. The summed E-state index contributed by atoms with van der Waals surface area (Å²) in [6.07, 6.45) is 0.621. The molecule has 196 valence electrons. The van der Waals surface area contributed by atoms with E-state index in [0.717, 1.165) is 18.7 Å². The lowest BCUT2D eigenvalue weighted by Gasteiger charge is -2.37. The number of likely N-dealkylation sites (tertiary alicyclic amines) is 1. The van der Waals surface area contributed by atoms with Crippen LogP contribution in [0.4, 0.5) is 0 Å². The van der Waals surface area contributed by atoms with Crippen molar-refractivity contribution in [2.45, 2.75) is 43.6 Å². The van der Waals surface area contributed by atoms with Crippen molar-refractivity contribution in [2.75, 3.05) is 52.6 Å². The van der Waals surface area contributed by atoms with Crippen LogP contribution in [0, 0.1) is 11.8 Å². The molecule has 10 nitrogen and oxygen atoms in total. The van der Waals surface area contributed by atoms with E-state index in [9.17, 15) is 19.5 Å². The summed E-state index contributed by atoms with van der Waals surface area (Å²) in [6.45, 7) is 5.61. The number of aliphatic hydroxyl groups excluding tert-OH is 1. The highest BCUT2D eigenvalue weighted by Crippen LogP contribution is 2.59. The number of amides is 2. The number of morpholine rings is 1. The van der Waals surface area contributed by atoms with E-state index >= 15 is 0 Å². The number of nitrogens with one attached hydrogen (secondary N) is 1. The molecule has 6 atom stereocenters. The highest BCUT2D eigenvalue weighted by molar-refractivity contribution is 5.98. The topological polar surface area (TPSA) is 118 Å². The maximum Gasteiger partial charge on any atom is 0.312 e. The van der Waals surface area contributed by atoms with Gasteiger partial charge in [-0.05, 0) is 25.3 Å². The minimum absolute atomic E-state index is 0.203. The Morgan fingerprint density at radius 1 is 1.25 bits per heavy atom. The predicted molar refractivity (Wildman–Crippen MR) is 128 cm³/mol. The summed E-state index contributed by atoms with van der Waals surface area (Å²) in [5.41, 5.74) is -0.400. The number of carbonyl (C=O) groups is 3. The van der Waals surface area contributed by atoms with E-state index in [0.29, 0.717) is 39.1 Å². The van der Waals surface area contributed by atoms with Gasteiger partial charge in [0.1, 0.15) is 11.6 Å². The van der Waals surface area contributed by atoms with E-state index in [2.05, 4.69) is 10.2 Å². The van der Waals surface area contributed by atoms with E-state index in [1.165, 1.54) is 4.90 Å². The third-order valence-electron chi connectivity index (χ3n) is 8.07. The fourth-order valence-electron chi connectivity index (χ4n) is 6.52. The Bertz CT molecular complexity index is 970. The molecule has 5 rings (SSSR count). The first-order chi connectivity index (χ1) is 17.5. The van der Waals surface area contributed by atoms with Crippen molar-refractivity contribution < 1.29 is 33.7 Å². The molecule has 4 heterocycles. The number of ether oxygens (including phenoxy) is 3. The number of aliphatic hydroxyl groups is 1. The molecule has 10 heteroatoms. The van der Waals surface area contributed by atoms with Gasteiger partial charge in [0.25, 0.3) is 0 Å². The standard InChI is InChI=1S/C26H35N3O7/c1-2-35-25(33)20-19-8-9-26(36-19)21(20)24(32)29(18(16-30)17-6-4-3-5-7-17)22(26)23(31)27-10-11-28-12-14-34-15-13-28/h3-7,18-22,30H,2,8-16H2,1H3,(H,27,31)/t18-,19-,20+,21+,22-,26+/m1/s1. The van der Waals surface area contributed by atoms with E-state index in [-0.39, 0.29) is 25.0 Å². The smallest absolute Gasteiger partial charge is 0.312 e. The van der Waals surface area contributed by atoms with E-state index < -0.39 is 41.6 Å². The SMILES string of the molecule is CCOC(=O)[C@@H]1[C@H]2C(=O)N([C@H](CO)c3ccccc3)[C@H](C(=O)NCCN3CCOCC3)[C@]23CC[C@H]1O3. The van der Waals surface area contributed by atoms with E-state index in [1.54, 1.807) is 6.92 Å². The van der Waals surface area contributed by atoms with Crippen LogP contribution in [0.25, 0.3) is 0 Å². The van der Waals surface area contributed by atoms with Crippen LogP contribution in [0.5, 0.6) is 0 Å². The zero-order valence-corrected chi connectivity index (χ0v) is 20.6. The molecule has 0 radical (unpaired) electrons. The number of hydrogen-bond donors (Lipinski definition) is 2. The summed E-state index contributed by atoms with van der Waals surface area (Å²) < 4.78 is 17.1. The number of benzene rings is 1. The summed E-state index contributed by atoms with van der Waals surface area (Å²) >= 11 is 0. The zero-order valence-electron chi connectivity index (χ0n) is 20.6. The van der Waals surface area contributed by atoms with E-state index in [1.807, 2.05) is 30.3 Å². The Hall–Kier alpha value is -2.53. The molecule has 36 heavy (non-hydrogen) atoms. The lowest BCUT2D eigenvalue weighted by molar-refractivity contribution is -0.155. The zero-order chi connectivity index (χ0) is 25.3. The number of fused-ring (bicyclic) bond motifs is 1. The molecule has 2 amide bonds. The number of nitrogens with zero attached hydrogens (tertiary/aromatic N) is 2. The second-order valence-corrected chi connectivity index (χ2v) is 9.91. The Morgan fingerprint density at radius 2 is 2.00 bits per heavy atom. The van der Waals surface area contributed by atoms with Gasteiger partial charge < -0.3 is 29.5 Å². The molecule has 1 aromatic carbocycles. The Kier molecular flexibility index (Phi) is 7.30. The van der Waals surface area contributed by atoms with Gasteiger partial charge in [0.05, 0.1) is 50.4 Å². The van der Waals surface area contributed by atoms with Crippen LogP contribution in [0.2, 0.25) is 0 Å². The summed E-state index contributed by atoms with van der Waals surface area (Å²) in [4.78, 5) is 44.4. The molecule has 4 aliphatic heterocycles. The fourth-order valence-corrected chi connectivity index (χ4v) is 6.52. The van der Waals surface area contributed by atoms with Crippen molar-refractivity contribution >= 4 is 17.8 Å². The molecule has 4 fully saturated rings. The summed E-state index contributed by atoms with van der Waals surface area (Å²) in [6, 6.07) is 7.48. The number of hydrogen-bond acceptors (Lipinski definition) is 8. The van der Waals surface area contributed by atoms with Gasteiger partial charge >= 0.3 is 5.97 Å². The van der Waals surface area contributed by atoms with Crippen molar-refractivity contribution in [3.63, 3.8) is 0 Å². The molecular formula is C26H35N3O7. The quantitative estimate of drug-likeness (QED) is 0.458. The maximum absolute atomic E-state index is 14.0. The van der Waals surface area contributed by atoms with Gasteiger partial charge in [-0.3, -0.25) is 19.3 Å². The van der Waals surface area contributed by atoms with Crippen LogP contribution in [-0.2, 0) is 28.6 Å². The van der Waals surface area contributed by atoms with Crippen molar-refractivity contribution in [3.8, 4) is 0 Å². The van der Waals surface area contributed by atoms with Crippen LogP contribution >= 0.6 is 0 Å². The first-order valence-corrected chi connectivity index (χ1v) is 12.9. The first kappa shape index (κ1) is 25.1. The lowest BCUT2D eigenvalue weighted by Crippen LogP contribution is -2.57. The second kappa shape index (κ2) is 10.5. The van der Waals surface area contributed by atoms with Crippen LogP contribution in [0.15, 0.2) is 30.3 Å². The highest BCUT2D eigenvalue weighted by atomic mass is 16.6. The Labute approximate surface area is 210 Å². The average Bonchev–Trinajstić information content (AvgIpc) is 3.54. The second-order valence-electron chi connectivity index (χ2n) is 9.91. The molecule has 4 aliphatic rings. The molecule has 0 aromatic heterocycles. The lowest BCUT2D eigenvalue weighted by atomic mass is 9.71. The summed E-state index contributed by atoms with van der Waals surface area (Å²) in [7, 11) is 0. The molecule has 2 N–H and O–H groups in total. The average molecular weight is 502 g/mol. The minimum Gasteiger partial charge on any atom is -0.466 e. The molecule has 0 saturated carbocycles. The van der Waals surface area contributed by atoms with Crippen LogP contribution in [0.3, 0.4) is 0 Å². The summed E-state index contributed by atoms with van der Waals surface area (Å²) in [5, 5.41) is 13.4. The Morgan fingerprint density at radius 3 is 2.69 bits per heavy atom. The minimum atomic E-state index is -1.12. The van der Waals surface area contributed by atoms with Gasteiger partial charge in [-0.15, -0.1) is 0 Å². The predicted octanol–water partition coefficient (Wildman–Crippen LogP) is 0.106. The van der Waals surface area contributed by atoms with Crippen molar-refractivity contribution in [1.82, 2.24) is 15.1 Å². The third-order valence-corrected chi connectivity index (χ3v) is 8.07. The van der Waals surface area contributed by atoms with Gasteiger partial charge in [-0.2, -0.15) is 0 Å². The van der Waals surface area contributed by atoms with Gasteiger partial charge in [0, 0.05) is 26.2 Å². The van der Waals surface area contributed by atoms with Gasteiger partial charge in [-0.25, -0.2) is 0 Å². The fraction of sp³-hybridized carbons (Fsp3) is 0.654. The van der Waals surface area contributed by atoms with Crippen molar-refractivity contribution in [1.29, 1.82) is 0 Å². The molecule has 4 saturated heterocycles. The van der Waals surface area contributed by atoms with Crippen molar-refractivity contribution in [2.24, 2.45) is 11.8 Å². The van der Waals surface area contributed by atoms with Gasteiger partial charge in [0.2, 0.25) is 11.8 Å². The van der Waals surface area contributed by atoms with E-state index in [4.69, 9.17) is 14.2 Å². The monoisotopic (exact) mass is 501 g/mol. The van der Waals surface area contributed by atoms with Crippen LogP contribution in [-0.4, -0.2) is 103 Å². The third kappa shape index (κ3) is 4.19. The highest BCUT2D eigenvalue weighted by Gasteiger charge is 2.75. The molecule has 0 unspecified atom stereocenters. The molecule has 0 aliphatic carbocycles. The number of esters is 1. The Balaban J connectivity index is 1.45. The molecule has 1 spiro atoms. The largest absolute Gasteiger partial charge is 0.466 e.